The molecule has 1 nitrogen and oxygen atoms in total. The topological polar surface area (TPSA) is 12.0 Å². The Balaban J connectivity index is 1.67. The number of rotatable bonds is 2. The van der Waals surface area contributed by atoms with Gasteiger partial charge in [-0.2, -0.15) is 0 Å². The third kappa shape index (κ3) is 2.12. The highest BCUT2D eigenvalue weighted by Gasteiger charge is 2.48. The second-order valence-electron chi connectivity index (χ2n) is 7.83. The van der Waals surface area contributed by atoms with E-state index in [4.69, 9.17) is 0 Å². The van der Waals surface area contributed by atoms with Gasteiger partial charge in [-0.25, -0.2) is 0 Å². The third-order valence-electron chi connectivity index (χ3n) is 6.16. The standard InChI is InChI=1S/C26H21N/c1-2-9-20(10-3-1)25-24(19-14-15-19)21-11-5-6-12-22(21)26(25)17-16-18-8-4-7-13-23(18)27-26/h1-13,16-17,19,27H,14-15H2. The number of para-hydroxylation sites is 1. The molecule has 6 rings (SSSR count). The minimum atomic E-state index is -0.287. The lowest BCUT2D eigenvalue weighted by atomic mass is 9.79. The first-order valence-electron chi connectivity index (χ1n) is 9.83. The second kappa shape index (κ2) is 5.47. The van der Waals surface area contributed by atoms with Gasteiger partial charge in [0.15, 0.2) is 0 Å². The van der Waals surface area contributed by atoms with Crippen molar-refractivity contribution in [3.8, 4) is 0 Å². The van der Waals surface area contributed by atoms with Crippen molar-refractivity contribution in [3.05, 3.63) is 107 Å². The molecule has 1 N–H and O–H groups in total. The number of allylic oxidation sites excluding steroid dienone is 1. The average molecular weight is 347 g/mol. The Kier molecular flexibility index (Phi) is 3.05. The second-order valence-corrected chi connectivity index (χ2v) is 7.83. The summed E-state index contributed by atoms with van der Waals surface area (Å²) >= 11 is 0. The Morgan fingerprint density at radius 1 is 0.778 bits per heavy atom. The largest absolute Gasteiger partial charge is 0.368 e. The fourth-order valence-corrected chi connectivity index (χ4v) is 4.86. The van der Waals surface area contributed by atoms with Crippen LogP contribution in [0.3, 0.4) is 0 Å². The molecule has 0 saturated heterocycles. The van der Waals surface area contributed by atoms with Gasteiger partial charge in [0.1, 0.15) is 5.54 Å². The zero-order valence-electron chi connectivity index (χ0n) is 15.2. The van der Waals surface area contributed by atoms with E-state index in [0.717, 1.165) is 0 Å². The molecular formula is C26H21N. The maximum absolute atomic E-state index is 3.95. The van der Waals surface area contributed by atoms with Crippen molar-refractivity contribution in [3.63, 3.8) is 0 Å². The first kappa shape index (κ1) is 15.0. The van der Waals surface area contributed by atoms with Crippen LogP contribution < -0.4 is 5.32 Å². The summed E-state index contributed by atoms with van der Waals surface area (Å²) in [5.74, 6) is 0.688. The minimum Gasteiger partial charge on any atom is -0.368 e. The molecular weight excluding hydrogens is 326 g/mol. The molecule has 130 valence electrons. The molecule has 1 saturated carbocycles. The van der Waals surface area contributed by atoms with E-state index in [1.165, 1.54) is 46.4 Å². The van der Waals surface area contributed by atoms with Crippen LogP contribution in [-0.2, 0) is 5.54 Å². The zero-order chi connectivity index (χ0) is 17.8. The quantitative estimate of drug-likeness (QED) is 0.569. The number of hydrogen-bond donors (Lipinski definition) is 1. The maximum atomic E-state index is 3.95. The molecule has 3 aliphatic rings. The summed E-state index contributed by atoms with van der Waals surface area (Å²) in [5.41, 5.74) is 9.31. The number of anilines is 1. The molecule has 2 aliphatic carbocycles. The molecule has 3 aromatic rings. The van der Waals surface area contributed by atoms with Crippen LogP contribution >= 0.6 is 0 Å². The molecule has 1 atom stereocenters. The van der Waals surface area contributed by atoms with Gasteiger partial charge in [0.2, 0.25) is 0 Å². The van der Waals surface area contributed by atoms with Crippen LogP contribution in [0.2, 0.25) is 0 Å². The average Bonchev–Trinajstić information content (AvgIpc) is 3.53. The van der Waals surface area contributed by atoms with Crippen molar-refractivity contribution < 1.29 is 0 Å². The van der Waals surface area contributed by atoms with Gasteiger partial charge >= 0.3 is 0 Å². The maximum Gasteiger partial charge on any atom is 0.109 e. The van der Waals surface area contributed by atoms with Crippen LogP contribution in [0, 0.1) is 5.92 Å². The molecule has 0 amide bonds. The smallest absolute Gasteiger partial charge is 0.109 e. The van der Waals surface area contributed by atoms with Crippen LogP contribution in [0.4, 0.5) is 5.69 Å². The highest BCUT2D eigenvalue weighted by atomic mass is 15.0. The van der Waals surface area contributed by atoms with Gasteiger partial charge in [0, 0.05) is 5.69 Å². The molecule has 1 heteroatoms. The number of fused-ring (bicyclic) bond motifs is 3. The van der Waals surface area contributed by atoms with E-state index in [9.17, 15) is 0 Å². The number of hydrogen-bond acceptors (Lipinski definition) is 1. The van der Waals surface area contributed by atoms with E-state index in [2.05, 4.69) is 96.3 Å². The lowest BCUT2D eigenvalue weighted by Crippen LogP contribution is -2.35. The first-order chi connectivity index (χ1) is 13.4. The molecule has 1 heterocycles. The number of nitrogens with one attached hydrogen (secondary N) is 1. The zero-order valence-corrected chi connectivity index (χ0v) is 15.2. The molecule has 1 aliphatic heterocycles. The van der Waals surface area contributed by atoms with Crippen molar-refractivity contribution in [1.82, 2.24) is 0 Å². The Hall–Kier alpha value is -3.06. The van der Waals surface area contributed by atoms with Crippen LogP contribution in [0.5, 0.6) is 0 Å². The van der Waals surface area contributed by atoms with Crippen molar-refractivity contribution in [2.24, 2.45) is 5.92 Å². The predicted molar refractivity (Wildman–Crippen MR) is 113 cm³/mol. The molecule has 27 heavy (non-hydrogen) atoms. The summed E-state index contributed by atoms with van der Waals surface area (Å²) in [7, 11) is 0. The highest BCUT2D eigenvalue weighted by molar-refractivity contribution is 6.06. The van der Waals surface area contributed by atoms with E-state index < -0.39 is 0 Å². The molecule has 0 bridgehead atoms. The van der Waals surface area contributed by atoms with Gasteiger partial charge in [-0.15, -0.1) is 0 Å². The van der Waals surface area contributed by atoms with Crippen LogP contribution in [-0.4, -0.2) is 0 Å². The van der Waals surface area contributed by atoms with Gasteiger partial charge in [-0.3, -0.25) is 0 Å². The summed E-state index contributed by atoms with van der Waals surface area (Å²) in [4.78, 5) is 0. The Bertz CT molecular complexity index is 1100. The molecule has 0 radical (unpaired) electrons. The van der Waals surface area contributed by atoms with Crippen molar-refractivity contribution in [2.75, 3.05) is 5.32 Å². The third-order valence-corrected chi connectivity index (χ3v) is 6.16. The lowest BCUT2D eigenvalue weighted by molar-refractivity contribution is 0.811. The molecule has 1 spiro atoms. The van der Waals surface area contributed by atoms with Gasteiger partial charge in [-0.05, 0) is 64.3 Å². The van der Waals surface area contributed by atoms with Gasteiger partial charge in [-0.1, -0.05) is 78.9 Å². The summed E-state index contributed by atoms with van der Waals surface area (Å²) < 4.78 is 0. The van der Waals surface area contributed by atoms with E-state index >= 15 is 0 Å². The Labute approximate surface area is 160 Å². The fourth-order valence-electron chi connectivity index (χ4n) is 4.86. The van der Waals surface area contributed by atoms with Crippen molar-refractivity contribution in [1.29, 1.82) is 0 Å². The number of benzene rings is 3. The fraction of sp³-hybridized carbons (Fsp3) is 0.154. The lowest BCUT2D eigenvalue weighted by Gasteiger charge is -2.37. The van der Waals surface area contributed by atoms with E-state index in [0.29, 0.717) is 5.92 Å². The Morgan fingerprint density at radius 2 is 1.52 bits per heavy atom. The highest BCUT2D eigenvalue weighted by Crippen LogP contribution is 2.59. The Morgan fingerprint density at radius 3 is 2.37 bits per heavy atom. The van der Waals surface area contributed by atoms with Crippen LogP contribution in [0.1, 0.15) is 35.1 Å². The molecule has 1 unspecified atom stereocenters. The monoisotopic (exact) mass is 347 g/mol. The summed E-state index contributed by atoms with van der Waals surface area (Å²) in [5, 5.41) is 3.95. The molecule has 1 fully saturated rings. The summed E-state index contributed by atoms with van der Waals surface area (Å²) in [6, 6.07) is 28.5. The van der Waals surface area contributed by atoms with E-state index in [1.54, 1.807) is 5.57 Å². The van der Waals surface area contributed by atoms with Crippen molar-refractivity contribution in [2.45, 2.75) is 18.4 Å². The van der Waals surface area contributed by atoms with Crippen LogP contribution in [0.25, 0.3) is 17.2 Å². The first-order valence-corrected chi connectivity index (χ1v) is 9.83. The minimum absolute atomic E-state index is 0.287. The normalized spacial score (nSPS) is 22.5. The summed E-state index contributed by atoms with van der Waals surface area (Å²) in [6.07, 6.45) is 7.28. The SMILES string of the molecule is C1=CC2(Nc3ccccc31)C(c1ccccc1)=C(C1CC1)c1ccccc12. The summed E-state index contributed by atoms with van der Waals surface area (Å²) in [6.45, 7) is 0. The molecule has 0 aromatic heterocycles. The van der Waals surface area contributed by atoms with Gasteiger partial charge in [0.25, 0.3) is 0 Å². The van der Waals surface area contributed by atoms with Gasteiger partial charge in [0.05, 0.1) is 0 Å². The molecule has 3 aromatic carbocycles. The van der Waals surface area contributed by atoms with E-state index in [1.807, 2.05) is 0 Å². The predicted octanol–water partition coefficient (Wildman–Crippen LogP) is 6.36. The van der Waals surface area contributed by atoms with Crippen molar-refractivity contribution >= 4 is 22.9 Å². The van der Waals surface area contributed by atoms with Crippen LogP contribution in [0.15, 0.2) is 84.9 Å². The van der Waals surface area contributed by atoms with Gasteiger partial charge < -0.3 is 5.32 Å². The van der Waals surface area contributed by atoms with E-state index in [-0.39, 0.29) is 5.54 Å².